The van der Waals surface area contributed by atoms with Crippen molar-refractivity contribution in [3.8, 4) is 6.07 Å². The van der Waals surface area contributed by atoms with Crippen molar-refractivity contribution in [3.63, 3.8) is 0 Å². The molecule has 0 unspecified atom stereocenters. The molecule has 2 aromatic carbocycles. The van der Waals surface area contributed by atoms with Crippen LogP contribution in [0.25, 0.3) is 0 Å². The van der Waals surface area contributed by atoms with Gasteiger partial charge in [0.1, 0.15) is 13.2 Å². The number of hydrogen-bond donors (Lipinski definition) is 1. The number of nitro benzene ring substituents is 1. The molecule has 0 spiro atoms. The summed E-state index contributed by atoms with van der Waals surface area (Å²) in [4.78, 5) is 33.7. The van der Waals surface area contributed by atoms with Gasteiger partial charge in [0.2, 0.25) is 0 Å². The van der Waals surface area contributed by atoms with Crippen molar-refractivity contribution < 1.29 is 19.2 Å². The maximum atomic E-state index is 11.9. The summed E-state index contributed by atoms with van der Waals surface area (Å²) in [5, 5.41) is 22.0. The van der Waals surface area contributed by atoms with Crippen molar-refractivity contribution in [3.05, 3.63) is 75.3 Å². The number of nitro groups is 1. The molecule has 126 valence electrons. The van der Waals surface area contributed by atoms with E-state index in [1.165, 1.54) is 18.2 Å². The smallest absolute Gasteiger partial charge is 0.325 e. The lowest BCUT2D eigenvalue weighted by atomic mass is 10.1. The van der Waals surface area contributed by atoms with Gasteiger partial charge in [0.05, 0.1) is 16.6 Å². The number of carbonyl (C=O) groups excluding carboxylic acids is 2. The zero-order chi connectivity index (χ0) is 18.2. The van der Waals surface area contributed by atoms with Gasteiger partial charge in [-0.2, -0.15) is 5.26 Å². The molecular formula is C17H13N3O5. The zero-order valence-corrected chi connectivity index (χ0v) is 13.0. The third-order valence-electron chi connectivity index (χ3n) is 3.24. The number of rotatable bonds is 6. The molecule has 25 heavy (non-hydrogen) atoms. The molecule has 1 amide bonds. The van der Waals surface area contributed by atoms with Gasteiger partial charge in [0.25, 0.3) is 11.6 Å². The quantitative estimate of drug-likeness (QED) is 0.487. The number of amides is 1. The van der Waals surface area contributed by atoms with Gasteiger partial charge in [-0.15, -0.1) is 0 Å². The van der Waals surface area contributed by atoms with E-state index in [1.807, 2.05) is 6.07 Å². The summed E-state index contributed by atoms with van der Waals surface area (Å²) < 4.78 is 5.01. The number of esters is 1. The molecule has 0 aliphatic rings. The summed E-state index contributed by atoms with van der Waals surface area (Å²) in [5.74, 6) is -1.32. The fourth-order valence-corrected chi connectivity index (χ4v) is 1.98. The van der Waals surface area contributed by atoms with Crippen LogP contribution in [0.1, 0.15) is 21.5 Å². The molecule has 0 atom stereocenters. The molecule has 0 bridgehead atoms. The Labute approximate surface area is 142 Å². The summed E-state index contributed by atoms with van der Waals surface area (Å²) in [7, 11) is 0. The molecule has 0 saturated carbocycles. The van der Waals surface area contributed by atoms with Crippen molar-refractivity contribution in [2.45, 2.75) is 6.61 Å². The highest BCUT2D eigenvalue weighted by Gasteiger charge is 2.13. The molecular weight excluding hydrogens is 326 g/mol. The zero-order valence-electron chi connectivity index (χ0n) is 13.0. The lowest BCUT2D eigenvalue weighted by Gasteiger charge is -2.07. The minimum absolute atomic E-state index is 0.0665. The number of hydrogen-bond acceptors (Lipinski definition) is 6. The Morgan fingerprint density at radius 2 is 1.96 bits per heavy atom. The second-order valence-electron chi connectivity index (χ2n) is 4.92. The number of ether oxygens (including phenoxy) is 1. The second kappa shape index (κ2) is 8.21. The van der Waals surface area contributed by atoms with Gasteiger partial charge in [0.15, 0.2) is 0 Å². The fraction of sp³-hybridized carbons (Fsp3) is 0.118. The molecule has 1 N–H and O–H groups in total. The highest BCUT2D eigenvalue weighted by Crippen LogP contribution is 2.13. The van der Waals surface area contributed by atoms with E-state index in [1.54, 1.807) is 24.3 Å². The van der Waals surface area contributed by atoms with Crippen LogP contribution >= 0.6 is 0 Å². The Morgan fingerprint density at radius 1 is 1.20 bits per heavy atom. The Kier molecular flexibility index (Phi) is 5.79. The standard InChI is InChI=1S/C17H13N3O5/c18-9-13-4-1-2-5-14(13)11-25-16(21)10-19-17(22)12-6-3-7-15(8-12)20(23)24/h1-8H,10-11H2,(H,19,22). The Balaban J connectivity index is 1.87. The normalized spacial score (nSPS) is 9.72. The number of nitrogens with one attached hydrogen (secondary N) is 1. The van der Waals surface area contributed by atoms with Crippen LogP contribution in [0, 0.1) is 21.4 Å². The highest BCUT2D eigenvalue weighted by molar-refractivity contribution is 5.96. The van der Waals surface area contributed by atoms with E-state index in [9.17, 15) is 19.7 Å². The monoisotopic (exact) mass is 339 g/mol. The SMILES string of the molecule is N#Cc1ccccc1COC(=O)CNC(=O)c1cccc([N+](=O)[O-])c1. The first-order valence-corrected chi connectivity index (χ1v) is 7.17. The topological polar surface area (TPSA) is 122 Å². The first kappa shape index (κ1) is 17.6. The Hall–Kier alpha value is -3.73. The van der Waals surface area contributed by atoms with Gasteiger partial charge in [-0.3, -0.25) is 19.7 Å². The molecule has 0 fully saturated rings. The maximum Gasteiger partial charge on any atom is 0.325 e. The lowest BCUT2D eigenvalue weighted by Crippen LogP contribution is -2.30. The number of nitriles is 1. The van der Waals surface area contributed by atoms with Crippen molar-refractivity contribution in [1.29, 1.82) is 5.26 Å². The van der Waals surface area contributed by atoms with Gasteiger partial charge in [-0.05, 0) is 12.1 Å². The second-order valence-corrected chi connectivity index (χ2v) is 4.92. The van der Waals surface area contributed by atoms with Crippen LogP contribution in [0.5, 0.6) is 0 Å². The first-order chi connectivity index (χ1) is 12.0. The summed E-state index contributed by atoms with van der Waals surface area (Å²) in [6.45, 7) is -0.481. The summed E-state index contributed by atoms with van der Waals surface area (Å²) in [5.41, 5.74) is 0.805. The van der Waals surface area contributed by atoms with Crippen LogP contribution in [0.3, 0.4) is 0 Å². The average molecular weight is 339 g/mol. The fourth-order valence-electron chi connectivity index (χ4n) is 1.98. The van der Waals surface area contributed by atoms with Crippen LogP contribution in [-0.4, -0.2) is 23.3 Å². The average Bonchev–Trinajstić information content (AvgIpc) is 2.64. The number of benzene rings is 2. The molecule has 0 aliphatic carbocycles. The van der Waals surface area contributed by atoms with Gasteiger partial charge < -0.3 is 10.1 Å². The van der Waals surface area contributed by atoms with Crippen molar-refractivity contribution in [1.82, 2.24) is 5.32 Å². The maximum absolute atomic E-state index is 11.9. The minimum atomic E-state index is -0.688. The van der Waals surface area contributed by atoms with E-state index in [0.29, 0.717) is 11.1 Å². The third-order valence-corrected chi connectivity index (χ3v) is 3.24. The molecule has 0 aliphatic heterocycles. The highest BCUT2D eigenvalue weighted by atomic mass is 16.6. The van der Waals surface area contributed by atoms with Crippen molar-refractivity contribution in [2.24, 2.45) is 0 Å². The van der Waals surface area contributed by atoms with Gasteiger partial charge >= 0.3 is 5.97 Å². The third kappa shape index (κ3) is 4.87. The molecule has 0 radical (unpaired) electrons. The summed E-state index contributed by atoms with van der Waals surface area (Å²) >= 11 is 0. The van der Waals surface area contributed by atoms with E-state index in [-0.39, 0.29) is 17.9 Å². The molecule has 2 aromatic rings. The van der Waals surface area contributed by atoms with Crippen LogP contribution in [-0.2, 0) is 16.1 Å². The van der Waals surface area contributed by atoms with E-state index in [2.05, 4.69) is 5.32 Å². The molecule has 0 saturated heterocycles. The van der Waals surface area contributed by atoms with Gasteiger partial charge in [-0.25, -0.2) is 0 Å². The minimum Gasteiger partial charge on any atom is -0.459 e. The van der Waals surface area contributed by atoms with Crippen molar-refractivity contribution >= 4 is 17.6 Å². The molecule has 0 aromatic heterocycles. The van der Waals surface area contributed by atoms with E-state index < -0.39 is 23.3 Å². The first-order valence-electron chi connectivity index (χ1n) is 7.17. The van der Waals surface area contributed by atoms with Crippen LogP contribution in [0.4, 0.5) is 5.69 Å². The molecule has 2 rings (SSSR count). The number of non-ortho nitro benzene ring substituents is 1. The number of nitrogens with zero attached hydrogens (tertiary/aromatic N) is 2. The lowest BCUT2D eigenvalue weighted by molar-refractivity contribution is -0.384. The van der Waals surface area contributed by atoms with Gasteiger partial charge in [-0.1, -0.05) is 24.3 Å². The molecule has 0 heterocycles. The number of carbonyl (C=O) groups is 2. The Morgan fingerprint density at radius 3 is 2.68 bits per heavy atom. The molecule has 8 heteroatoms. The van der Waals surface area contributed by atoms with Crippen LogP contribution in [0.2, 0.25) is 0 Å². The predicted octanol–water partition coefficient (Wildman–Crippen LogP) is 1.94. The van der Waals surface area contributed by atoms with E-state index in [4.69, 9.17) is 10.00 Å². The predicted molar refractivity (Wildman–Crippen MR) is 86.4 cm³/mol. The Bertz CT molecular complexity index is 857. The van der Waals surface area contributed by atoms with E-state index in [0.717, 1.165) is 6.07 Å². The van der Waals surface area contributed by atoms with Crippen LogP contribution in [0.15, 0.2) is 48.5 Å². The van der Waals surface area contributed by atoms with Gasteiger partial charge in [0, 0.05) is 23.3 Å². The van der Waals surface area contributed by atoms with Crippen molar-refractivity contribution in [2.75, 3.05) is 6.54 Å². The molecule has 8 nitrogen and oxygen atoms in total. The van der Waals surface area contributed by atoms with Crippen LogP contribution < -0.4 is 5.32 Å². The summed E-state index contributed by atoms with van der Waals surface area (Å²) in [6, 6.07) is 13.8. The van der Waals surface area contributed by atoms with E-state index >= 15 is 0 Å². The summed E-state index contributed by atoms with van der Waals surface area (Å²) in [6.07, 6.45) is 0. The largest absolute Gasteiger partial charge is 0.459 e.